The molecule has 0 saturated carbocycles. The van der Waals surface area contributed by atoms with Crippen molar-refractivity contribution in [2.75, 3.05) is 19.8 Å². The summed E-state index contributed by atoms with van der Waals surface area (Å²) in [4.78, 5) is 12.2. The fourth-order valence-corrected chi connectivity index (χ4v) is 3.77. The molecule has 0 heterocycles. The summed E-state index contributed by atoms with van der Waals surface area (Å²) in [5, 5.41) is -0.101. The standard InChI is InChI=1S/C15H20BrO5P/c1-4-19-15(17)14(22(18,20-5-2)21-6-3)11-12-8-7-9-13(16)10-12/h7-11H,4-6H2,1-3H3/b14-11-. The summed E-state index contributed by atoms with van der Waals surface area (Å²) >= 11 is 3.35. The highest BCUT2D eigenvalue weighted by molar-refractivity contribution is 9.10. The van der Waals surface area contributed by atoms with E-state index < -0.39 is 13.6 Å². The average Bonchev–Trinajstić information content (AvgIpc) is 2.45. The van der Waals surface area contributed by atoms with Crippen LogP contribution in [0.4, 0.5) is 0 Å². The second kappa shape index (κ2) is 9.26. The van der Waals surface area contributed by atoms with Crippen LogP contribution >= 0.6 is 23.5 Å². The summed E-state index contributed by atoms with van der Waals surface area (Å²) in [5.41, 5.74) is 0.692. The zero-order chi connectivity index (χ0) is 16.6. The molecule has 0 fully saturated rings. The van der Waals surface area contributed by atoms with Crippen LogP contribution in [0.5, 0.6) is 0 Å². The van der Waals surface area contributed by atoms with Crippen molar-refractivity contribution >= 4 is 35.6 Å². The molecule has 0 aromatic heterocycles. The first-order chi connectivity index (χ1) is 10.5. The Kier molecular flexibility index (Phi) is 8.04. The van der Waals surface area contributed by atoms with Crippen LogP contribution in [0.3, 0.4) is 0 Å². The fraction of sp³-hybridized carbons (Fsp3) is 0.400. The third-order valence-corrected chi connectivity index (χ3v) is 5.12. The molecule has 0 aliphatic heterocycles. The molecule has 1 rings (SSSR count). The molecule has 0 N–H and O–H groups in total. The van der Waals surface area contributed by atoms with Crippen molar-refractivity contribution in [1.29, 1.82) is 0 Å². The lowest BCUT2D eigenvalue weighted by Crippen LogP contribution is -2.11. The Morgan fingerprint density at radius 2 is 1.82 bits per heavy atom. The summed E-state index contributed by atoms with van der Waals surface area (Å²) in [6.45, 7) is 5.55. The van der Waals surface area contributed by atoms with E-state index in [-0.39, 0.29) is 25.1 Å². The van der Waals surface area contributed by atoms with Crippen molar-refractivity contribution in [3.63, 3.8) is 0 Å². The molecule has 0 saturated heterocycles. The number of ether oxygens (including phenoxy) is 1. The predicted octanol–water partition coefficient (Wildman–Crippen LogP) is 4.62. The van der Waals surface area contributed by atoms with E-state index in [2.05, 4.69) is 15.9 Å². The Morgan fingerprint density at radius 3 is 2.32 bits per heavy atom. The lowest BCUT2D eigenvalue weighted by molar-refractivity contribution is -0.137. The van der Waals surface area contributed by atoms with Crippen molar-refractivity contribution in [2.45, 2.75) is 20.8 Å². The second-order valence-corrected chi connectivity index (χ2v) is 7.05. The topological polar surface area (TPSA) is 61.8 Å². The number of halogens is 1. The molecular formula is C15H20BrO5P. The van der Waals surface area contributed by atoms with Crippen molar-refractivity contribution in [3.8, 4) is 0 Å². The van der Waals surface area contributed by atoms with Crippen LogP contribution < -0.4 is 0 Å². The molecule has 0 spiro atoms. The molecule has 0 radical (unpaired) electrons. The summed E-state index contributed by atoms with van der Waals surface area (Å²) in [6, 6.07) is 7.24. The lowest BCUT2D eigenvalue weighted by atomic mass is 10.2. The molecule has 122 valence electrons. The highest BCUT2D eigenvalue weighted by atomic mass is 79.9. The van der Waals surface area contributed by atoms with Crippen LogP contribution in [0.2, 0.25) is 0 Å². The van der Waals surface area contributed by atoms with Gasteiger partial charge in [0.2, 0.25) is 0 Å². The van der Waals surface area contributed by atoms with Crippen molar-refractivity contribution in [3.05, 3.63) is 39.6 Å². The zero-order valence-corrected chi connectivity index (χ0v) is 15.4. The first-order valence-electron chi connectivity index (χ1n) is 7.00. The number of carbonyl (C=O) groups excluding carboxylic acids is 1. The molecule has 7 heteroatoms. The number of hydrogen-bond donors (Lipinski definition) is 0. The highest BCUT2D eigenvalue weighted by Gasteiger charge is 2.36. The van der Waals surface area contributed by atoms with E-state index in [1.807, 2.05) is 12.1 Å². The van der Waals surface area contributed by atoms with E-state index in [0.717, 1.165) is 4.47 Å². The smallest absolute Gasteiger partial charge is 0.368 e. The van der Waals surface area contributed by atoms with Gasteiger partial charge in [0.15, 0.2) is 0 Å². The van der Waals surface area contributed by atoms with Crippen LogP contribution in [-0.4, -0.2) is 25.8 Å². The highest BCUT2D eigenvalue weighted by Crippen LogP contribution is 2.57. The Bertz CT molecular complexity index is 575. The van der Waals surface area contributed by atoms with E-state index in [1.165, 1.54) is 6.08 Å². The molecule has 0 aliphatic rings. The third-order valence-electron chi connectivity index (χ3n) is 2.53. The van der Waals surface area contributed by atoms with Gasteiger partial charge in [0.05, 0.1) is 19.8 Å². The number of benzene rings is 1. The van der Waals surface area contributed by atoms with Gasteiger partial charge in [-0.25, -0.2) is 4.79 Å². The van der Waals surface area contributed by atoms with E-state index in [9.17, 15) is 9.36 Å². The number of esters is 1. The first kappa shape index (κ1) is 19.1. The quantitative estimate of drug-likeness (QED) is 0.368. The van der Waals surface area contributed by atoms with Gasteiger partial charge in [-0.15, -0.1) is 0 Å². The minimum Gasteiger partial charge on any atom is -0.462 e. The van der Waals surface area contributed by atoms with E-state index in [4.69, 9.17) is 13.8 Å². The maximum absolute atomic E-state index is 12.9. The molecule has 0 atom stereocenters. The largest absolute Gasteiger partial charge is 0.462 e. The first-order valence-corrected chi connectivity index (χ1v) is 9.34. The summed E-state index contributed by atoms with van der Waals surface area (Å²) in [6.07, 6.45) is 1.48. The predicted molar refractivity (Wildman–Crippen MR) is 89.6 cm³/mol. The second-order valence-electron chi connectivity index (χ2n) is 4.14. The Labute approximate surface area is 139 Å². The Hall–Kier alpha value is -0.940. The van der Waals surface area contributed by atoms with E-state index in [1.54, 1.807) is 32.9 Å². The van der Waals surface area contributed by atoms with E-state index in [0.29, 0.717) is 5.56 Å². The number of rotatable bonds is 8. The van der Waals surface area contributed by atoms with Crippen LogP contribution in [-0.2, 0) is 23.1 Å². The summed E-state index contributed by atoms with van der Waals surface area (Å²) < 4.78 is 29.2. The van der Waals surface area contributed by atoms with Gasteiger partial charge < -0.3 is 13.8 Å². The van der Waals surface area contributed by atoms with Crippen LogP contribution in [0.1, 0.15) is 26.3 Å². The molecule has 1 aromatic rings. The van der Waals surface area contributed by atoms with Crippen molar-refractivity contribution < 1.29 is 23.1 Å². The van der Waals surface area contributed by atoms with Gasteiger partial charge in [-0.05, 0) is 44.5 Å². The van der Waals surface area contributed by atoms with Crippen LogP contribution in [0, 0.1) is 0 Å². The molecule has 0 unspecified atom stereocenters. The van der Waals surface area contributed by atoms with Crippen LogP contribution in [0.25, 0.3) is 6.08 Å². The third kappa shape index (κ3) is 5.36. The molecule has 1 aromatic carbocycles. The van der Waals surface area contributed by atoms with Gasteiger partial charge in [-0.1, -0.05) is 28.1 Å². The van der Waals surface area contributed by atoms with Gasteiger partial charge in [-0.3, -0.25) is 4.57 Å². The van der Waals surface area contributed by atoms with Crippen LogP contribution in [0.15, 0.2) is 34.1 Å². The minimum absolute atomic E-state index is 0.101. The monoisotopic (exact) mass is 390 g/mol. The maximum atomic E-state index is 12.9. The zero-order valence-electron chi connectivity index (χ0n) is 12.9. The van der Waals surface area contributed by atoms with Gasteiger partial charge in [0, 0.05) is 4.47 Å². The molecule has 0 bridgehead atoms. The van der Waals surface area contributed by atoms with Gasteiger partial charge in [-0.2, -0.15) is 0 Å². The molecule has 0 amide bonds. The number of carbonyl (C=O) groups is 1. The van der Waals surface area contributed by atoms with Crippen molar-refractivity contribution in [1.82, 2.24) is 0 Å². The normalized spacial score (nSPS) is 12.3. The van der Waals surface area contributed by atoms with Gasteiger partial charge >= 0.3 is 13.6 Å². The summed E-state index contributed by atoms with van der Waals surface area (Å²) in [7, 11) is -3.72. The van der Waals surface area contributed by atoms with Gasteiger partial charge in [0.1, 0.15) is 5.31 Å². The maximum Gasteiger partial charge on any atom is 0.368 e. The SMILES string of the molecule is CCOC(=O)/C(=C/c1cccc(Br)c1)P(=O)(OCC)OCC. The summed E-state index contributed by atoms with van der Waals surface area (Å²) in [5.74, 6) is -0.701. The average molecular weight is 391 g/mol. The Morgan fingerprint density at radius 1 is 1.18 bits per heavy atom. The molecular weight excluding hydrogens is 371 g/mol. The van der Waals surface area contributed by atoms with E-state index >= 15 is 0 Å². The molecule has 0 aliphatic carbocycles. The minimum atomic E-state index is -3.72. The molecule has 22 heavy (non-hydrogen) atoms. The Balaban J connectivity index is 3.33. The molecule has 5 nitrogen and oxygen atoms in total. The fourth-order valence-electron chi connectivity index (χ4n) is 1.73. The number of hydrogen-bond acceptors (Lipinski definition) is 5. The van der Waals surface area contributed by atoms with Crippen molar-refractivity contribution in [2.24, 2.45) is 0 Å². The van der Waals surface area contributed by atoms with Gasteiger partial charge in [0.25, 0.3) is 0 Å². The lowest BCUT2D eigenvalue weighted by Gasteiger charge is -2.19.